The second kappa shape index (κ2) is 10.8. The van der Waals surface area contributed by atoms with Gasteiger partial charge in [-0.1, -0.05) is 0 Å². The number of methoxy groups -OCH3 is 1. The molecule has 1 fully saturated rings. The number of carbonyl (C=O) groups is 1. The minimum absolute atomic E-state index is 0.0277. The molecule has 5 rings (SSSR count). The van der Waals surface area contributed by atoms with Crippen LogP contribution >= 0.6 is 0 Å². The molecule has 1 amide bonds. The summed E-state index contributed by atoms with van der Waals surface area (Å²) < 4.78 is 23.2. The van der Waals surface area contributed by atoms with Crippen molar-refractivity contribution >= 4 is 17.3 Å². The minimum Gasteiger partial charge on any atom is -0.495 e. The van der Waals surface area contributed by atoms with Crippen LogP contribution in [-0.2, 0) is 17.9 Å². The van der Waals surface area contributed by atoms with E-state index in [-0.39, 0.29) is 18.2 Å². The number of aromatic nitrogens is 4. The molecule has 190 valence electrons. The van der Waals surface area contributed by atoms with Gasteiger partial charge in [-0.15, -0.1) is 0 Å². The molecule has 0 aliphatic carbocycles. The Bertz CT molecular complexity index is 1290. The number of piperidine rings is 1. The highest BCUT2D eigenvalue weighted by Crippen LogP contribution is 2.29. The van der Waals surface area contributed by atoms with E-state index in [2.05, 4.69) is 25.2 Å². The topological polar surface area (TPSA) is 130 Å². The summed E-state index contributed by atoms with van der Waals surface area (Å²) in [6, 6.07) is 3.53. The Morgan fingerprint density at radius 2 is 1.83 bits per heavy atom. The molecule has 0 radical (unpaired) electrons. The number of carbonyl (C=O) groups excluding carboxylic acids is 1. The third-order valence-electron chi connectivity index (χ3n) is 6.30. The van der Waals surface area contributed by atoms with E-state index in [1.165, 1.54) is 6.20 Å². The number of amides is 1. The molecule has 3 aromatic heterocycles. The van der Waals surface area contributed by atoms with Gasteiger partial charge in [0.05, 0.1) is 36.9 Å². The van der Waals surface area contributed by atoms with Gasteiger partial charge < -0.3 is 33.7 Å². The number of alkyl carbamates (subject to hydrolysis) is 1. The van der Waals surface area contributed by atoms with Gasteiger partial charge in [0, 0.05) is 44.4 Å². The Hall–Kier alpha value is -3.93. The average Bonchev–Trinajstić information content (AvgIpc) is 2.91. The fourth-order valence-electron chi connectivity index (χ4n) is 4.33. The van der Waals surface area contributed by atoms with Gasteiger partial charge in [-0.3, -0.25) is 9.78 Å². The fraction of sp³-hybridized carbons (Fsp3) is 0.458. The van der Waals surface area contributed by atoms with Crippen LogP contribution in [0.3, 0.4) is 0 Å². The first-order valence-corrected chi connectivity index (χ1v) is 11.9. The van der Waals surface area contributed by atoms with Gasteiger partial charge in [0.15, 0.2) is 17.1 Å². The van der Waals surface area contributed by atoms with Crippen molar-refractivity contribution in [2.45, 2.75) is 32.0 Å². The number of hydrogen-bond donors (Lipinski definition) is 1. The predicted molar refractivity (Wildman–Crippen MR) is 128 cm³/mol. The SMILES string of the molecule is COc1cnc2ncc(=O)n(CCN3CCC(NC(=O)OCc4cc5c(cn4)OCCO5)CC3)c2c1. The van der Waals surface area contributed by atoms with Gasteiger partial charge in [-0.2, -0.15) is 0 Å². The summed E-state index contributed by atoms with van der Waals surface area (Å²) in [7, 11) is 1.56. The van der Waals surface area contributed by atoms with Crippen LogP contribution in [0.25, 0.3) is 11.2 Å². The number of nitrogens with one attached hydrogen (secondary N) is 1. The monoisotopic (exact) mass is 496 g/mol. The summed E-state index contributed by atoms with van der Waals surface area (Å²) in [5.74, 6) is 1.78. The van der Waals surface area contributed by atoms with Gasteiger partial charge in [-0.25, -0.2) is 14.8 Å². The van der Waals surface area contributed by atoms with Crippen molar-refractivity contribution in [1.29, 1.82) is 0 Å². The Morgan fingerprint density at radius 3 is 2.64 bits per heavy atom. The molecule has 12 nitrogen and oxygen atoms in total. The standard InChI is InChI=1S/C24H28N6O6/c1-33-18-11-19-23(26-12-18)27-14-22(31)30(19)7-6-29-4-2-16(3-5-29)28-24(32)36-15-17-10-20-21(13-25-17)35-9-8-34-20/h10-14,16H,2-9,15H2,1H3,(H,28,32). The highest BCUT2D eigenvalue weighted by atomic mass is 16.6. The average molecular weight is 497 g/mol. The van der Waals surface area contributed by atoms with Crippen molar-refractivity contribution in [3.8, 4) is 17.2 Å². The van der Waals surface area contributed by atoms with Crippen molar-refractivity contribution in [2.75, 3.05) is 40.0 Å². The van der Waals surface area contributed by atoms with Crippen LogP contribution in [0.15, 0.2) is 35.5 Å². The van der Waals surface area contributed by atoms with E-state index >= 15 is 0 Å². The van der Waals surface area contributed by atoms with Crippen molar-refractivity contribution in [1.82, 2.24) is 29.7 Å². The lowest BCUT2D eigenvalue weighted by Gasteiger charge is -2.32. The first-order chi connectivity index (χ1) is 17.6. The van der Waals surface area contributed by atoms with Crippen molar-refractivity contribution in [3.05, 3.63) is 46.8 Å². The molecule has 0 atom stereocenters. The predicted octanol–water partition coefficient (Wildman–Crippen LogP) is 1.36. The Morgan fingerprint density at radius 1 is 1.06 bits per heavy atom. The number of rotatable bonds is 7. The second-order valence-electron chi connectivity index (χ2n) is 8.62. The van der Waals surface area contributed by atoms with E-state index in [1.54, 1.807) is 36.2 Å². The van der Waals surface area contributed by atoms with Crippen LogP contribution in [0.1, 0.15) is 18.5 Å². The van der Waals surface area contributed by atoms with Crippen LogP contribution in [0.5, 0.6) is 17.2 Å². The molecule has 2 aliphatic heterocycles. The number of hydrogen-bond acceptors (Lipinski definition) is 10. The summed E-state index contributed by atoms with van der Waals surface area (Å²) in [6.45, 7) is 3.84. The summed E-state index contributed by atoms with van der Waals surface area (Å²) in [6.07, 6.45) is 5.57. The molecule has 0 spiro atoms. The lowest BCUT2D eigenvalue weighted by atomic mass is 10.1. The highest BCUT2D eigenvalue weighted by molar-refractivity contribution is 5.71. The van der Waals surface area contributed by atoms with Gasteiger partial charge in [-0.05, 0) is 12.8 Å². The zero-order chi connectivity index (χ0) is 24.9. The van der Waals surface area contributed by atoms with Crippen LogP contribution in [0.4, 0.5) is 4.79 Å². The third-order valence-corrected chi connectivity index (χ3v) is 6.30. The second-order valence-corrected chi connectivity index (χ2v) is 8.62. The Balaban J connectivity index is 1.08. The third kappa shape index (κ3) is 5.48. The molecule has 0 bridgehead atoms. The first kappa shape index (κ1) is 23.8. The van der Waals surface area contributed by atoms with Crippen molar-refractivity contribution in [3.63, 3.8) is 0 Å². The Kier molecular flexibility index (Phi) is 7.12. The maximum absolute atomic E-state index is 12.4. The zero-order valence-electron chi connectivity index (χ0n) is 20.0. The van der Waals surface area contributed by atoms with Crippen LogP contribution in [-0.4, -0.2) is 76.5 Å². The van der Waals surface area contributed by atoms with Gasteiger partial charge >= 0.3 is 6.09 Å². The molecular formula is C24H28N6O6. The molecule has 1 N–H and O–H groups in total. The van der Waals surface area contributed by atoms with Crippen LogP contribution < -0.4 is 25.1 Å². The molecule has 2 aliphatic rings. The minimum atomic E-state index is -0.471. The van der Waals surface area contributed by atoms with E-state index in [9.17, 15) is 9.59 Å². The quantitative estimate of drug-likeness (QED) is 0.512. The molecule has 0 aromatic carbocycles. The zero-order valence-corrected chi connectivity index (χ0v) is 20.0. The molecule has 36 heavy (non-hydrogen) atoms. The number of fused-ring (bicyclic) bond motifs is 2. The maximum Gasteiger partial charge on any atom is 0.407 e. The van der Waals surface area contributed by atoms with E-state index in [4.69, 9.17) is 18.9 Å². The summed E-state index contributed by atoms with van der Waals surface area (Å²) in [5.41, 5.74) is 1.57. The molecule has 0 unspecified atom stereocenters. The van der Waals surface area contributed by atoms with Gasteiger partial charge in [0.1, 0.15) is 25.6 Å². The summed E-state index contributed by atoms with van der Waals surface area (Å²) in [4.78, 5) is 39.6. The van der Waals surface area contributed by atoms with Crippen LogP contribution in [0.2, 0.25) is 0 Å². The molecular weight excluding hydrogens is 468 g/mol. The summed E-state index contributed by atoms with van der Waals surface area (Å²) >= 11 is 0. The molecule has 1 saturated heterocycles. The van der Waals surface area contributed by atoms with Gasteiger partial charge in [0.2, 0.25) is 0 Å². The summed E-state index contributed by atoms with van der Waals surface area (Å²) in [5, 5.41) is 2.93. The molecule has 3 aromatic rings. The number of pyridine rings is 2. The largest absolute Gasteiger partial charge is 0.495 e. The lowest BCUT2D eigenvalue weighted by molar-refractivity contribution is 0.124. The molecule has 0 saturated carbocycles. The maximum atomic E-state index is 12.4. The van der Waals surface area contributed by atoms with Crippen LogP contribution in [0, 0.1) is 0 Å². The van der Waals surface area contributed by atoms with E-state index in [0.717, 1.165) is 25.9 Å². The number of ether oxygens (including phenoxy) is 4. The Labute approximate surface area is 207 Å². The first-order valence-electron chi connectivity index (χ1n) is 11.9. The van der Waals surface area contributed by atoms with E-state index in [0.29, 0.717) is 60.4 Å². The lowest BCUT2D eigenvalue weighted by Crippen LogP contribution is -2.45. The van der Waals surface area contributed by atoms with E-state index in [1.807, 2.05) is 0 Å². The van der Waals surface area contributed by atoms with Gasteiger partial charge in [0.25, 0.3) is 5.56 Å². The highest BCUT2D eigenvalue weighted by Gasteiger charge is 2.22. The number of nitrogens with zero attached hydrogens (tertiary/aromatic N) is 5. The normalized spacial score (nSPS) is 16.0. The smallest absolute Gasteiger partial charge is 0.407 e. The van der Waals surface area contributed by atoms with E-state index < -0.39 is 6.09 Å². The van der Waals surface area contributed by atoms with Crippen molar-refractivity contribution < 1.29 is 23.7 Å². The molecule has 12 heteroatoms. The van der Waals surface area contributed by atoms with Crippen molar-refractivity contribution in [2.24, 2.45) is 0 Å². The number of likely N-dealkylation sites (tertiary alicyclic amines) is 1. The molecule has 5 heterocycles. The fourth-order valence-corrected chi connectivity index (χ4v) is 4.33.